The number of carbonyl (C=O) groups excluding carboxylic acids is 1. The molecule has 1 aromatic carbocycles. The number of H-pyrrole nitrogens is 1. The van der Waals surface area contributed by atoms with Gasteiger partial charge in [-0.3, -0.25) is 4.79 Å². The zero-order valence-corrected chi connectivity index (χ0v) is 9.37. The molecule has 0 fully saturated rings. The van der Waals surface area contributed by atoms with Gasteiger partial charge in [0.05, 0.1) is 0 Å². The highest BCUT2D eigenvalue weighted by Crippen LogP contribution is 2.34. The second kappa shape index (κ2) is 4.52. The number of amides is 1. The van der Waals surface area contributed by atoms with Crippen molar-refractivity contribution in [1.29, 1.82) is 0 Å². The number of carbonyl (C=O) groups is 1. The zero-order chi connectivity index (χ0) is 13.3. The normalized spacial score (nSPS) is 11.5. The Bertz CT molecular complexity index is 649. The van der Waals surface area contributed by atoms with Crippen LogP contribution in [-0.4, -0.2) is 16.0 Å². The highest BCUT2D eigenvalue weighted by Gasteiger charge is 2.13. The molecule has 0 aliphatic rings. The number of rotatable bonds is 2. The first-order valence-electron chi connectivity index (χ1n) is 5.17. The standard InChI is InChI=1S/C11H9F2N3O2/c1-2-9(17)15-16-10-5-3-7(12)8(13)4-6(5)11(18)14-10/h3-4,14,18H,2H2,1H3. The minimum absolute atomic E-state index is 0.00296. The van der Waals surface area contributed by atoms with E-state index in [0.717, 1.165) is 12.1 Å². The summed E-state index contributed by atoms with van der Waals surface area (Å²) in [6, 6.07) is 1.73. The van der Waals surface area contributed by atoms with Crippen molar-refractivity contribution in [2.75, 3.05) is 0 Å². The molecule has 1 heterocycles. The van der Waals surface area contributed by atoms with Gasteiger partial charge in [0.2, 0.25) is 0 Å². The average molecular weight is 253 g/mol. The van der Waals surface area contributed by atoms with E-state index in [1.54, 1.807) is 6.92 Å². The third kappa shape index (κ3) is 2.06. The molecule has 94 valence electrons. The Kier molecular flexibility index (Phi) is 3.05. The van der Waals surface area contributed by atoms with Gasteiger partial charge in [0.15, 0.2) is 23.3 Å². The van der Waals surface area contributed by atoms with Crippen molar-refractivity contribution in [3.05, 3.63) is 23.8 Å². The van der Waals surface area contributed by atoms with Crippen LogP contribution in [0.2, 0.25) is 0 Å². The van der Waals surface area contributed by atoms with Crippen LogP contribution in [0.1, 0.15) is 13.3 Å². The summed E-state index contributed by atoms with van der Waals surface area (Å²) >= 11 is 0. The molecule has 5 nitrogen and oxygen atoms in total. The first kappa shape index (κ1) is 12.2. The van der Waals surface area contributed by atoms with Gasteiger partial charge in [-0.1, -0.05) is 6.92 Å². The van der Waals surface area contributed by atoms with Crippen molar-refractivity contribution in [3.63, 3.8) is 0 Å². The molecule has 2 aromatic rings. The maximum atomic E-state index is 13.1. The number of aromatic amines is 1. The molecule has 7 heteroatoms. The number of benzene rings is 1. The summed E-state index contributed by atoms with van der Waals surface area (Å²) in [5.41, 5.74) is 0. The van der Waals surface area contributed by atoms with Crippen LogP contribution in [0, 0.1) is 11.6 Å². The smallest absolute Gasteiger partial charge is 0.264 e. The molecule has 18 heavy (non-hydrogen) atoms. The van der Waals surface area contributed by atoms with Crippen molar-refractivity contribution in [3.8, 4) is 5.88 Å². The molecule has 0 saturated carbocycles. The summed E-state index contributed by atoms with van der Waals surface area (Å²) in [6.07, 6.45) is 0.178. The lowest BCUT2D eigenvalue weighted by molar-refractivity contribution is -0.117. The number of hydrogen-bond donors (Lipinski definition) is 2. The maximum absolute atomic E-state index is 13.1. The van der Waals surface area contributed by atoms with Gasteiger partial charge in [-0.15, -0.1) is 10.2 Å². The van der Waals surface area contributed by atoms with Gasteiger partial charge in [0.25, 0.3) is 5.91 Å². The Morgan fingerprint density at radius 2 is 1.94 bits per heavy atom. The topological polar surface area (TPSA) is 77.8 Å². The summed E-state index contributed by atoms with van der Waals surface area (Å²) < 4.78 is 26.1. The SMILES string of the molecule is CCC(=O)N=Nc1[nH]c(O)c2cc(F)c(F)cc12. The van der Waals surface area contributed by atoms with E-state index < -0.39 is 17.5 Å². The first-order chi connectivity index (χ1) is 8.52. The monoisotopic (exact) mass is 253 g/mol. The quantitative estimate of drug-likeness (QED) is 0.806. The fraction of sp³-hybridized carbons (Fsp3) is 0.182. The first-order valence-corrected chi connectivity index (χ1v) is 5.17. The Morgan fingerprint density at radius 1 is 1.33 bits per heavy atom. The van der Waals surface area contributed by atoms with E-state index in [1.807, 2.05) is 0 Å². The number of nitrogens with one attached hydrogen (secondary N) is 1. The largest absolute Gasteiger partial charge is 0.494 e. The third-order valence-electron chi connectivity index (χ3n) is 2.37. The van der Waals surface area contributed by atoms with E-state index in [-0.39, 0.29) is 28.9 Å². The fourth-order valence-corrected chi connectivity index (χ4v) is 1.44. The number of fused-ring (bicyclic) bond motifs is 1. The summed E-state index contributed by atoms with van der Waals surface area (Å²) in [7, 11) is 0. The molecular weight excluding hydrogens is 244 g/mol. The zero-order valence-electron chi connectivity index (χ0n) is 9.37. The number of halogens is 2. The molecule has 0 aliphatic heterocycles. The summed E-state index contributed by atoms with van der Waals surface area (Å²) in [6.45, 7) is 1.61. The summed E-state index contributed by atoms with van der Waals surface area (Å²) in [4.78, 5) is 13.4. The molecule has 2 rings (SSSR count). The molecule has 0 bridgehead atoms. The minimum atomic E-state index is -1.08. The average Bonchev–Trinajstić information content (AvgIpc) is 2.64. The summed E-state index contributed by atoms with van der Waals surface area (Å²) in [5.74, 6) is -2.96. The minimum Gasteiger partial charge on any atom is -0.494 e. The molecule has 0 spiro atoms. The highest BCUT2D eigenvalue weighted by molar-refractivity contribution is 5.96. The van der Waals surface area contributed by atoms with Crippen LogP contribution in [0.25, 0.3) is 10.8 Å². The number of azo groups is 1. The molecule has 2 N–H and O–H groups in total. The van der Waals surface area contributed by atoms with Crippen molar-refractivity contribution in [1.82, 2.24) is 4.98 Å². The number of nitrogens with zero attached hydrogens (tertiary/aromatic N) is 2. The Morgan fingerprint density at radius 3 is 2.56 bits per heavy atom. The number of hydrogen-bond acceptors (Lipinski definition) is 3. The second-order valence-electron chi connectivity index (χ2n) is 3.58. The molecular formula is C11H9F2N3O2. The van der Waals surface area contributed by atoms with Gasteiger partial charge in [-0.2, -0.15) is 0 Å². The van der Waals surface area contributed by atoms with E-state index >= 15 is 0 Å². The van der Waals surface area contributed by atoms with Gasteiger partial charge in [0, 0.05) is 17.2 Å². The highest BCUT2D eigenvalue weighted by atomic mass is 19.2. The van der Waals surface area contributed by atoms with Gasteiger partial charge in [-0.25, -0.2) is 8.78 Å². The predicted octanol–water partition coefficient (Wildman–Crippen LogP) is 3.17. The van der Waals surface area contributed by atoms with Gasteiger partial charge >= 0.3 is 0 Å². The molecule has 1 amide bonds. The predicted molar refractivity (Wildman–Crippen MR) is 59.7 cm³/mol. The molecule has 0 aliphatic carbocycles. The molecule has 0 atom stereocenters. The Hall–Kier alpha value is -2.31. The lowest BCUT2D eigenvalue weighted by Crippen LogP contribution is -1.85. The second-order valence-corrected chi connectivity index (χ2v) is 3.58. The Labute approximate surface area is 100 Å². The van der Waals surface area contributed by atoms with Gasteiger partial charge in [0.1, 0.15) is 0 Å². The van der Waals surface area contributed by atoms with E-state index in [2.05, 4.69) is 15.2 Å². The van der Waals surface area contributed by atoms with Crippen LogP contribution >= 0.6 is 0 Å². The van der Waals surface area contributed by atoms with Crippen molar-refractivity contribution in [2.45, 2.75) is 13.3 Å². The van der Waals surface area contributed by atoms with Gasteiger partial charge in [-0.05, 0) is 12.1 Å². The molecule has 1 aromatic heterocycles. The van der Waals surface area contributed by atoms with E-state index in [4.69, 9.17) is 0 Å². The van der Waals surface area contributed by atoms with E-state index in [0.29, 0.717) is 0 Å². The lowest BCUT2D eigenvalue weighted by Gasteiger charge is -1.94. The van der Waals surface area contributed by atoms with Crippen LogP contribution in [-0.2, 0) is 4.79 Å². The van der Waals surface area contributed by atoms with Crippen molar-refractivity contribution >= 4 is 22.5 Å². The van der Waals surface area contributed by atoms with Crippen LogP contribution in [0.3, 0.4) is 0 Å². The van der Waals surface area contributed by atoms with Gasteiger partial charge < -0.3 is 10.1 Å². The molecule has 0 saturated heterocycles. The van der Waals surface area contributed by atoms with Crippen molar-refractivity contribution in [2.24, 2.45) is 10.2 Å². The fourth-order valence-electron chi connectivity index (χ4n) is 1.44. The van der Waals surface area contributed by atoms with Crippen LogP contribution in [0.4, 0.5) is 14.6 Å². The van der Waals surface area contributed by atoms with Crippen LogP contribution in [0.5, 0.6) is 5.88 Å². The van der Waals surface area contributed by atoms with E-state index in [1.165, 1.54) is 0 Å². The van der Waals surface area contributed by atoms with Crippen LogP contribution in [0.15, 0.2) is 22.4 Å². The maximum Gasteiger partial charge on any atom is 0.264 e. The lowest BCUT2D eigenvalue weighted by atomic mass is 10.2. The summed E-state index contributed by atoms with van der Waals surface area (Å²) in [5, 5.41) is 16.6. The van der Waals surface area contributed by atoms with E-state index in [9.17, 15) is 18.7 Å². The molecule has 0 radical (unpaired) electrons. The Balaban J connectivity index is 2.56. The third-order valence-corrected chi connectivity index (χ3v) is 2.37. The number of aromatic nitrogens is 1. The van der Waals surface area contributed by atoms with Crippen LogP contribution < -0.4 is 0 Å². The number of aromatic hydroxyl groups is 1. The molecule has 0 unspecified atom stereocenters. The van der Waals surface area contributed by atoms with Crippen molar-refractivity contribution < 1.29 is 18.7 Å².